The fourth-order valence-electron chi connectivity index (χ4n) is 4.72. The largest absolute Gasteiger partial charge is 0.493 e. The van der Waals surface area contributed by atoms with E-state index in [1.54, 1.807) is 18.9 Å². The van der Waals surface area contributed by atoms with Crippen LogP contribution in [0.25, 0.3) is 0 Å². The van der Waals surface area contributed by atoms with Gasteiger partial charge in [0.05, 0.1) is 25.3 Å². The smallest absolute Gasteiger partial charge is 0.323 e. The summed E-state index contributed by atoms with van der Waals surface area (Å²) in [6.07, 6.45) is 17.7. The fourth-order valence-corrected chi connectivity index (χ4v) is 5.43. The van der Waals surface area contributed by atoms with Gasteiger partial charge in [0.1, 0.15) is 0 Å². The summed E-state index contributed by atoms with van der Waals surface area (Å²) in [5.41, 5.74) is 2.50. The van der Waals surface area contributed by atoms with Gasteiger partial charge in [0.15, 0.2) is 11.5 Å². The van der Waals surface area contributed by atoms with Crippen molar-refractivity contribution in [1.29, 1.82) is 0 Å². The molecule has 2 aromatic carbocycles. The van der Waals surface area contributed by atoms with Gasteiger partial charge in [-0.1, -0.05) is 95.8 Å². The first kappa shape index (κ1) is 33.9. The fraction of sp³-hybridized carbons (Fsp3) is 0.531. The number of ether oxygens (including phenoxy) is 2. The zero-order valence-electron chi connectivity index (χ0n) is 24.3. The van der Waals surface area contributed by atoms with Gasteiger partial charge in [-0.2, -0.15) is 0 Å². The highest BCUT2D eigenvalue weighted by molar-refractivity contribution is 8.93. The Morgan fingerprint density at radius 1 is 0.900 bits per heavy atom. The normalized spacial score (nSPS) is 12.2. The molecule has 0 unspecified atom stereocenters. The van der Waals surface area contributed by atoms with E-state index in [2.05, 4.69) is 40.1 Å². The first-order valence-corrected chi connectivity index (χ1v) is 15.7. The Bertz CT molecular complexity index is 1020. The van der Waals surface area contributed by atoms with E-state index < -0.39 is 0 Å². The number of carbonyl (C=O) groups excluding carboxylic acids is 1. The maximum atomic E-state index is 12.8. The molecule has 222 valence electrons. The lowest BCUT2D eigenvalue weighted by atomic mass is 10.1. The lowest BCUT2D eigenvalue weighted by molar-refractivity contribution is 0.261. The highest BCUT2D eigenvalue weighted by Gasteiger charge is 2.14. The number of thioether (sulfide) groups is 1. The van der Waals surface area contributed by atoms with Gasteiger partial charge in [-0.3, -0.25) is 0 Å². The van der Waals surface area contributed by atoms with Crippen LogP contribution in [0.1, 0.15) is 89.5 Å². The van der Waals surface area contributed by atoms with Gasteiger partial charge < -0.3 is 25.0 Å². The van der Waals surface area contributed by atoms with Crippen molar-refractivity contribution in [2.45, 2.75) is 90.5 Å². The zero-order chi connectivity index (χ0) is 27.5. The molecule has 2 aromatic rings. The van der Waals surface area contributed by atoms with Crippen LogP contribution < -0.4 is 20.1 Å². The Morgan fingerprint density at radius 3 is 2.23 bits per heavy atom. The van der Waals surface area contributed by atoms with Gasteiger partial charge in [0, 0.05) is 18.4 Å². The summed E-state index contributed by atoms with van der Waals surface area (Å²) in [7, 11) is 1.62. The number of nitrogens with zero attached hydrogens (tertiary/aromatic N) is 1. The van der Waals surface area contributed by atoms with E-state index in [-0.39, 0.29) is 23.0 Å². The van der Waals surface area contributed by atoms with Crippen molar-refractivity contribution >= 4 is 46.1 Å². The number of unbranched alkanes of at least 4 members (excludes halogenated alkanes) is 11. The Labute approximate surface area is 256 Å². The number of carbonyl (C=O) groups is 1. The molecule has 0 aliphatic carbocycles. The summed E-state index contributed by atoms with van der Waals surface area (Å²) in [6.45, 7) is 3.68. The summed E-state index contributed by atoms with van der Waals surface area (Å²) in [5.74, 6) is 2.14. The van der Waals surface area contributed by atoms with E-state index >= 15 is 0 Å². The van der Waals surface area contributed by atoms with E-state index in [0.717, 1.165) is 36.5 Å². The summed E-state index contributed by atoms with van der Waals surface area (Å²) < 4.78 is 11.6. The quantitative estimate of drug-likeness (QED) is 0.151. The van der Waals surface area contributed by atoms with Crippen molar-refractivity contribution in [1.82, 2.24) is 4.90 Å². The van der Waals surface area contributed by atoms with Crippen LogP contribution in [0.3, 0.4) is 0 Å². The number of nitrogens with one attached hydrogen (secondary N) is 2. The van der Waals surface area contributed by atoms with Crippen molar-refractivity contribution in [2.75, 3.05) is 30.2 Å². The van der Waals surface area contributed by atoms with Crippen LogP contribution in [0.4, 0.5) is 16.2 Å². The maximum Gasteiger partial charge on any atom is 0.323 e. The minimum Gasteiger partial charge on any atom is -0.493 e. The molecule has 2 amide bonds. The summed E-state index contributed by atoms with van der Waals surface area (Å²) in [4.78, 5) is 15.1. The number of methoxy groups -OCH3 is 1. The number of rotatable bonds is 19. The Hall–Kier alpha value is -2.32. The van der Waals surface area contributed by atoms with Crippen LogP contribution in [0.5, 0.6) is 11.5 Å². The van der Waals surface area contributed by atoms with Crippen LogP contribution in [0, 0.1) is 0 Å². The highest BCUT2D eigenvalue weighted by Crippen LogP contribution is 2.35. The predicted molar refractivity (Wildman–Crippen MR) is 176 cm³/mol. The van der Waals surface area contributed by atoms with Gasteiger partial charge in [0.25, 0.3) is 0 Å². The van der Waals surface area contributed by atoms with E-state index in [1.807, 2.05) is 36.4 Å². The van der Waals surface area contributed by atoms with Crippen LogP contribution in [0.15, 0.2) is 54.1 Å². The third kappa shape index (κ3) is 12.9. The molecule has 0 radical (unpaired) electrons. The molecule has 3 rings (SSSR count). The number of anilines is 2. The van der Waals surface area contributed by atoms with Gasteiger partial charge in [-0.15, -0.1) is 28.7 Å². The van der Waals surface area contributed by atoms with Crippen molar-refractivity contribution < 1.29 is 14.3 Å². The molecule has 6 nitrogen and oxygen atoms in total. The van der Waals surface area contributed by atoms with Crippen molar-refractivity contribution in [3.8, 4) is 11.5 Å². The van der Waals surface area contributed by atoms with Crippen LogP contribution >= 0.6 is 28.7 Å². The predicted octanol–water partition coefficient (Wildman–Crippen LogP) is 9.97. The average Bonchev–Trinajstić information content (AvgIpc) is 3.45. The molecular weight excluding hydrogens is 586 g/mol. The molecule has 0 saturated carbocycles. The van der Waals surface area contributed by atoms with Crippen molar-refractivity contribution in [2.24, 2.45) is 0 Å². The van der Waals surface area contributed by atoms with Crippen LogP contribution in [0.2, 0.25) is 0 Å². The molecule has 0 spiro atoms. The molecule has 1 aliphatic rings. The minimum atomic E-state index is -0.313. The third-order valence-electron chi connectivity index (χ3n) is 6.87. The Balaban J connectivity index is 0.00000560. The molecule has 1 heterocycles. The lowest BCUT2D eigenvalue weighted by Gasteiger charge is -2.17. The minimum absolute atomic E-state index is 0. The first-order valence-electron chi connectivity index (χ1n) is 14.7. The summed E-state index contributed by atoms with van der Waals surface area (Å²) in [5, 5.41) is 7.99. The second-order valence-corrected chi connectivity index (χ2v) is 11.0. The SMILES string of the molecule is Br.CCCCCCCCCCCCCCOc1c(NC(=O)Nc2cccc(CN3C=CSC3)c2)cccc1OC. The highest BCUT2D eigenvalue weighted by atomic mass is 79.9. The Morgan fingerprint density at radius 2 is 1.57 bits per heavy atom. The standard InChI is InChI=1S/C32H47N3O3S.BrH/c1-3-4-5-6-7-8-9-10-11-12-13-14-22-38-31-29(19-16-20-30(31)37-2)34-32(36)33-28-18-15-17-27(24-28)25-35-21-23-39-26-35;/h15-21,23-24H,3-14,22,25-26H2,1-2H3,(H2,33,34,36);1H. The molecule has 0 saturated heterocycles. The van der Waals surface area contributed by atoms with E-state index in [1.165, 1.54) is 64.2 Å². The van der Waals surface area contributed by atoms with Crippen molar-refractivity contribution in [3.05, 3.63) is 59.6 Å². The van der Waals surface area contributed by atoms with E-state index in [4.69, 9.17) is 9.47 Å². The second kappa shape index (κ2) is 20.5. The maximum absolute atomic E-state index is 12.8. The summed E-state index contributed by atoms with van der Waals surface area (Å²) >= 11 is 1.78. The van der Waals surface area contributed by atoms with Gasteiger partial charge in [0.2, 0.25) is 0 Å². The molecule has 8 heteroatoms. The molecule has 0 bridgehead atoms. The van der Waals surface area contributed by atoms with Gasteiger partial charge >= 0.3 is 6.03 Å². The van der Waals surface area contributed by atoms with Crippen LogP contribution in [-0.4, -0.2) is 30.5 Å². The summed E-state index contributed by atoms with van der Waals surface area (Å²) in [6, 6.07) is 13.2. The number of hydrogen-bond acceptors (Lipinski definition) is 5. The molecule has 0 aromatic heterocycles. The molecule has 40 heavy (non-hydrogen) atoms. The van der Waals surface area contributed by atoms with E-state index in [0.29, 0.717) is 23.8 Å². The Kier molecular flexibility index (Phi) is 17.4. The average molecular weight is 635 g/mol. The third-order valence-corrected chi connectivity index (χ3v) is 7.66. The number of hydrogen-bond donors (Lipinski definition) is 2. The number of halogens is 1. The lowest BCUT2D eigenvalue weighted by Crippen LogP contribution is -2.20. The van der Waals surface area contributed by atoms with Crippen molar-refractivity contribution in [3.63, 3.8) is 0 Å². The van der Waals surface area contributed by atoms with Gasteiger partial charge in [-0.25, -0.2) is 4.79 Å². The molecule has 1 aliphatic heterocycles. The van der Waals surface area contributed by atoms with E-state index in [9.17, 15) is 4.79 Å². The molecule has 2 N–H and O–H groups in total. The zero-order valence-corrected chi connectivity index (χ0v) is 26.8. The first-order chi connectivity index (χ1) is 19.2. The number of para-hydroxylation sites is 1. The molecule has 0 fully saturated rings. The number of benzene rings is 2. The molecule has 0 atom stereocenters. The topological polar surface area (TPSA) is 62.8 Å². The second-order valence-electron chi connectivity index (χ2n) is 10.2. The van der Waals surface area contributed by atoms with Crippen LogP contribution in [-0.2, 0) is 6.54 Å². The molecular formula is C32H48BrN3O3S. The monoisotopic (exact) mass is 633 g/mol. The number of urea groups is 1. The number of amides is 2. The van der Waals surface area contributed by atoms with Gasteiger partial charge in [-0.05, 0) is 41.7 Å².